The Hall–Kier alpha value is -2.32. The Morgan fingerprint density at radius 2 is 1.77 bits per heavy atom. The molecule has 4 nitrogen and oxygen atoms in total. The minimum Gasteiger partial charge on any atom is -0.324 e. The van der Waals surface area contributed by atoms with E-state index in [9.17, 15) is 18.0 Å². The summed E-state index contributed by atoms with van der Waals surface area (Å²) < 4.78 is 39.0. The fraction of sp³-hybridized carbons (Fsp3) is 0.118. The molecule has 0 spiro atoms. The molecule has 0 fully saturated rings. The molecule has 26 heavy (non-hydrogen) atoms. The second kappa shape index (κ2) is 7.51. The number of hydrogen-bond acceptors (Lipinski definition) is 4. The van der Waals surface area contributed by atoms with E-state index in [4.69, 9.17) is 11.6 Å². The van der Waals surface area contributed by atoms with Gasteiger partial charge in [-0.1, -0.05) is 53.7 Å². The first-order valence-electron chi connectivity index (χ1n) is 7.36. The number of rotatable bonds is 4. The number of hydrogen-bond donors (Lipinski definition) is 1. The van der Waals surface area contributed by atoms with Crippen molar-refractivity contribution in [1.82, 2.24) is 9.97 Å². The Morgan fingerprint density at radius 3 is 2.50 bits per heavy atom. The van der Waals surface area contributed by atoms with Gasteiger partial charge >= 0.3 is 6.18 Å². The molecular formula is C17H11ClF3N3OS. The van der Waals surface area contributed by atoms with Crippen molar-refractivity contribution in [2.45, 2.75) is 11.2 Å². The molecule has 0 saturated heterocycles. The lowest BCUT2D eigenvalue weighted by atomic mass is 10.2. The van der Waals surface area contributed by atoms with Crippen molar-refractivity contribution in [3.8, 4) is 0 Å². The summed E-state index contributed by atoms with van der Waals surface area (Å²) in [7, 11) is 0. The lowest BCUT2D eigenvalue weighted by Gasteiger charge is -2.10. The van der Waals surface area contributed by atoms with Crippen LogP contribution in [0.2, 0.25) is 5.02 Å². The highest BCUT2D eigenvalue weighted by atomic mass is 35.5. The summed E-state index contributed by atoms with van der Waals surface area (Å²) in [5.74, 6) is -1.76. The number of nitrogens with zero attached hydrogens (tertiary/aromatic N) is 2. The van der Waals surface area contributed by atoms with E-state index in [2.05, 4.69) is 15.3 Å². The van der Waals surface area contributed by atoms with Crippen molar-refractivity contribution in [2.75, 3.05) is 11.1 Å². The third-order valence-electron chi connectivity index (χ3n) is 3.31. The van der Waals surface area contributed by atoms with Crippen LogP contribution in [0.5, 0.6) is 0 Å². The molecule has 0 saturated carbocycles. The van der Waals surface area contributed by atoms with Crippen molar-refractivity contribution in [3.63, 3.8) is 0 Å². The van der Waals surface area contributed by atoms with Gasteiger partial charge in [0.05, 0.1) is 22.0 Å². The zero-order valence-electron chi connectivity index (χ0n) is 13.0. The van der Waals surface area contributed by atoms with Gasteiger partial charge in [0.1, 0.15) is 5.03 Å². The van der Waals surface area contributed by atoms with Gasteiger partial charge in [-0.15, -0.1) is 0 Å². The Balaban J connectivity index is 1.82. The average molecular weight is 398 g/mol. The highest BCUT2D eigenvalue weighted by Gasteiger charge is 2.35. The van der Waals surface area contributed by atoms with E-state index in [1.807, 2.05) is 0 Å². The minimum atomic E-state index is -4.67. The summed E-state index contributed by atoms with van der Waals surface area (Å²) in [6.45, 7) is 0. The first-order valence-corrected chi connectivity index (χ1v) is 8.72. The highest BCUT2D eigenvalue weighted by Crippen LogP contribution is 2.32. The van der Waals surface area contributed by atoms with E-state index < -0.39 is 17.9 Å². The monoisotopic (exact) mass is 397 g/mol. The van der Waals surface area contributed by atoms with Gasteiger partial charge in [-0.2, -0.15) is 13.2 Å². The molecule has 0 unspecified atom stereocenters. The molecule has 2 aromatic carbocycles. The number of halogens is 4. The quantitative estimate of drug-likeness (QED) is 0.495. The molecule has 9 heteroatoms. The van der Waals surface area contributed by atoms with Crippen LogP contribution in [0.25, 0.3) is 10.9 Å². The molecule has 0 radical (unpaired) electrons. The molecule has 0 aliphatic carbocycles. The molecule has 1 heterocycles. The number of carbonyl (C=O) groups excluding carboxylic acids is 1. The van der Waals surface area contributed by atoms with E-state index >= 15 is 0 Å². The summed E-state index contributed by atoms with van der Waals surface area (Å²) in [5, 5.41) is 3.54. The summed E-state index contributed by atoms with van der Waals surface area (Å²) >= 11 is 6.87. The van der Waals surface area contributed by atoms with Crippen molar-refractivity contribution >= 4 is 45.9 Å². The number of fused-ring (bicyclic) bond motifs is 1. The largest absolute Gasteiger partial charge is 0.451 e. The smallest absolute Gasteiger partial charge is 0.324 e. The van der Waals surface area contributed by atoms with Gasteiger partial charge in [0.25, 0.3) is 0 Å². The number of alkyl halides is 3. The minimum absolute atomic E-state index is 0.0947. The Morgan fingerprint density at radius 1 is 1.08 bits per heavy atom. The molecule has 0 aliphatic heterocycles. The number of aromatic nitrogens is 2. The van der Waals surface area contributed by atoms with Gasteiger partial charge in [-0.3, -0.25) is 4.79 Å². The molecule has 3 rings (SSSR count). The van der Waals surface area contributed by atoms with Crippen LogP contribution in [0.15, 0.2) is 53.6 Å². The molecule has 1 N–H and O–H groups in total. The second-order valence-corrected chi connectivity index (χ2v) is 6.56. The van der Waals surface area contributed by atoms with Crippen LogP contribution >= 0.6 is 23.4 Å². The SMILES string of the molecule is O=C(CSc1nc(C(F)(F)F)nc2ccccc12)Nc1ccccc1Cl. The van der Waals surface area contributed by atoms with Crippen LogP contribution in [0.3, 0.4) is 0 Å². The summed E-state index contributed by atoms with van der Waals surface area (Å²) in [6, 6.07) is 13.0. The van der Waals surface area contributed by atoms with E-state index in [1.54, 1.807) is 42.5 Å². The zero-order chi connectivity index (χ0) is 18.7. The van der Waals surface area contributed by atoms with Crippen molar-refractivity contribution < 1.29 is 18.0 Å². The Bertz CT molecular complexity index is 965. The molecular weight excluding hydrogens is 387 g/mol. The summed E-state index contributed by atoms with van der Waals surface area (Å²) in [4.78, 5) is 19.2. The number of benzene rings is 2. The van der Waals surface area contributed by atoms with Crippen molar-refractivity contribution in [1.29, 1.82) is 0 Å². The van der Waals surface area contributed by atoms with Crippen LogP contribution < -0.4 is 5.32 Å². The number of thioether (sulfide) groups is 1. The molecule has 134 valence electrons. The fourth-order valence-corrected chi connectivity index (χ4v) is 3.17. The van der Waals surface area contributed by atoms with Crippen LogP contribution in [0.1, 0.15) is 5.82 Å². The lowest BCUT2D eigenvalue weighted by Crippen LogP contribution is -2.15. The first-order chi connectivity index (χ1) is 12.3. The summed E-state index contributed by atoms with van der Waals surface area (Å²) in [5.41, 5.74) is 0.604. The first kappa shape index (κ1) is 18.5. The fourth-order valence-electron chi connectivity index (χ4n) is 2.17. The van der Waals surface area contributed by atoms with Gasteiger partial charge in [0.15, 0.2) is 0 Å². The van der Waals surface area contributed by atoms with E-state index in [0.717, 1.165) is 11.8 Å². The maximum atomic E-state index is 13.0. The van der Waals surface area contributed by atoms with Gasteiger partial charge < -0.3 is 5.32 Å². The number of amides is 1. The number of carbonyl (C=O) groups is 1. The molecule has 3 aromatic rings. The normalized spacial score (nSPS) is 11.5. The highest BCUT2D eigenvalue weighted by molar-refractivity contribution is 8.00. The summed E-state index contributed by atoms with van der Waals surface area (Å²) in [6.07, 6.45) is -4.67. The van der Waals surface area contributed by atoms with Crippen LogP contribution in [0, 0.1) is 0 Å². The van der Waals surface area contributed by atoms with Crippen LogP contribution in [-0.4, -0.2) is 21.6 Å². The second-order valence-electron chi connectivity index (χ2n) is 5.18. The van der Waals surface area contributed by atoms with Gasteiger partial charge in [0, 0.05) is 5.39 Å². The van der Waals surface area contributed by atoms with Crippen LogP contribution in [0.4, 0.5) is 18.9 Å². The molecule has 1 aromatic heterocycles. The molecule has 1 amide bonds. The van der Waals surface area contributed by atoms with E-state index in [-0.39, 0.29) is 16.3 Å². The lowest BCUT2D eigenvalue weighted by molar-refractivity contribution is -0.145. The Kier molecular flexibility index (Phi) is 5.33. The predicted octanol–water partition coefficient (Wildman–Crippen LogP) is 5.03. The van der Waals surface area contributed by atoms with Crippen molar-refractivity contribution in [2.24, 2.45) is 0 Å². The van der Waals surface area contributed by atoms with Gasteiger partial charge in [-0.05, 0) is 18.2 Å². The number of anilines is 1. The maximum Gasteiger partial charge on any atom is 0.451 e. The third-order valence-corrected chi connectivity index (χ3v) is 4.63. The van der Waals surface area contributed by atoms with Crippen LogP contribution in [-0.2, 0) is 11.0 Å². The van der Waals surface area contributed by atoms with Crippen molar-refractivity contribution in [3.05, 3.63) is 59.4 Å². The van der Waals surface area contributed by atoms with Gasteiger partial charge in [-0.25, -0.2) is 9.97 Å². The molecule has 0 bridgehead atoms. The standard InChI is InChI=1S/C17H11ClF3N3OS/c18-11-6-2-4-8-13(11)22-14(25)9-26-15-10-5-1-3-7-12(10)23-16(24-15)17(19,20)21/h1-8H,9H2,(H,22,25). The van der Waals surface area contributed by atoms with E-state index in [0.29, 0.717) is 16.1 Å². The number of para-hydroxylation sites is 2. The van der Waals surface area contributed by atoms with E-state index in [1.165, 1.54) is 6.07 Å². The predicted molar refractivity (Wildman–Crippen MR) is 95.3 cm³/mol. The molecule has 0 aliphatic rings. The molecule has 0 atom stereocenters. The average Bonchev–Trinajstić information content (AvgIpc) is 2.60. The maximum absolute atomic E-state index is 13.0. The topological polar surface area (TPSA) is 54.9 Å². The van der Waals surface area contributed by atoms with Gasteiger partial charge in [0.2, 0.25) is 11.7 Å². The number of nitrogens with one attached hydrogen (secondary N) is 1. The Labute approximate surface area is 155 Å². The third kappa shape index (κ3) is 4.25. The zero-order valence-corrected chi connectivity index (χ0v) is 14.6.